The summed E-state index contributed by atoms with van der Waals surface area (Å²) in [6.07, 6.45) is 34.5. The number of aliphatic hydroxyl groups excluding tert-OH is 1. The first-order chi connectivity index (χ1) is 21.7. The van der Waals surface area contributed by atoms with Crippen LogP contribution in [0.4, 0.5) is 0 Å². The van der Waals surface area contributed by atoms with Crippen LogP contribution < -0.4 is 5.32 Å². The van der Waals surface area contributed by atoms with Crippen LogP contribution in [0.25, 0.3) is 0 Å². The van der Waals surface area contributed by atoms with E-state index in [-0.39, 0.29) is 24.7 Å². The molecule has 0 aliphatic rings. The third-order valence-electron chi connectivity index (χ3n) is 9.15. The Balaban J connectivity index is 2.02. The molecule has 1 aromatic rings. The number of unbranched alkanes of at least 4 members (excludes halogenated alkanes) is 23. The second kappa shape index (κ2) is 31.6. The van der Waals surface area contributed by atoms with E-state index in [1.807, 2.05) is 18.2 Å². The molecule has 0 aromatic heterocycles. The third kappa shape index (κ3) is 24.9. The van der Waals surface area contributed by atoms with Gasteiger partial charge in [-0.1, -0.05) is 198 Å². The van der Waals surface area contributed by atoms with Crippen molar-refractivity contribution in [1.29, 1.82) is 0 Å². The van der Waals surface area contributed by atoms with Crippen molar-refractivity contribution < 1.29 is 14.6 Å². The molecule has 44 heavy (non-hydrogen) atoms. The molecule has 1 aromatic carbocycles. The molecule has 0 radical (unpaired) electrons. The molecule has 256 valence electrons. The third-order valence-corrected chi connectivity index (χ3v) is 9.15. The summed E-state index contributed by atoms with van der Waals surface area (Å²) in [5, 5.41) is 13.2. The number of hydrogen-bond donors (Lipinski definition) is 2. The summed E-state index contributed by atoms with van der Waals surface area (Å²) in [5.41, 5.74) is 1.12. The minimum absolute atomic E-state index is 0.0451. The molecule has 1 rings (SSSR count). The van der Waals surface area contributed by atoms with Crippen molar-refractivity contribution in [3.8, 4) is 0 Å². The Morgan fingerprint density at radius 3 is 1.45 bits per heavy atom. The van der Waals surface area contributed by atoms with E-state index in [4.69, 9.17) is 4.74 Å². The summed E-state index contributed by atoms with van der Waals surface area (Å²) in [7, 11) is 0. The van der Waals surface area contributed by atoms with Crippen LogP contribution in [0, 0.1) is 0 Å². The number of benzene rings is 1. The van der Waals surface area contributed by atoms with Gasteiger partial charge in [0.15, 0.2) is 0 Å². The molecule has 0 fully saturated rings. The van der Waals surface area contributed by atoms with Gasteiger partial charge in [-0.05, 0) is 18.4 Å². The molecular weight excluding hydrogens is 542 g/mol. The van der Waals surface area contributed by atoms with E-state index in [0.717, 1.165) is 37.7 Å². The van der Waals surface area contributed by atoms with Crippen molar-refractivity contribution in [1.82, 2.24) is 5.32 Å². The fourth-order valence-electron chi connectivity index (χ4n) is 6.20. The van der Waals surface area contributed by atoms with Gasteiger partial charge in [-0.15, -0.1) is 0 Å². The lowest BCUT2D eigenvalue weighted by atomic mass is 10.0. The molecule has 2 atom stereocenters. The number of rotatable bonds is 33. The fourth-order valence-corrected chi connectivity index (χ4v) is 6.20. The summed E-state index contributed by atoms with van der Waals surface area (Å²) < 4.78 is 6.24. The van der Waals surface area contributed by atoms with E-state index in [0.29, 0.717) is 13.0 Å². The van der Waals surface area contributed by atoms with E-state index in [2.05, 4.69) is 31.3 Å². The molecule has 0 heterocycles. The summed E-state index contributed by atoms with van der Waals surface area (Å²) in [5.74, 6) is 0.0451. The van der Waals surface area contributed by atoms with Gasteiger partial charge in [-0.3, -0.25) is 4.79 Å². The highest BCUT2D eigenvalue weighted by Gasteiger charge is 2.23. The number of amides is 1. The minimum atomic E-state index is -0.345. The second-order valence-electron chi connectivity index (χ2n) is 13.4. The quantitative estimate of drug-likeness (QED) is 0.0773. The minimum Gasteiger partial charge on any atom is -0.394 e. The Labute approximate surface area is 273 Å². The fraction of sp³-hybridized carbons (Fsp3) is 0.825. The average Bonchev–Trinajstić information content (AvgIpc) is 3.04. The zero-order chi connectivity index (χ0) is 31.8. The van der Waals surface area contributed by atoms with Gasteiger partial charge in [0.1, 0.15) is 0 Å². The van der Waals surface area contributed by atoms with Gasteiger partial charge in [0.25, 0.3) is 0 Å². The standard InChI is InChI=1S/C40H73NO3/c1-3-5-7-9-10-11-12-13-14-15-16-17-18-19-20-21-22-23-24-25-30-34-40(43)41-38(35-42)39(33-29-8-6-4-2)44-36-37-31-27-26-28-32-37/h26-28,31-32,38-39,42H,3-25,29-30,33-36H2,1-2H3,(H,41,43)/t38-,39+/m0/s1. The van der Waals surface area contributed by atoms with E-state index >= 15 is 0 Å². The Morgan fingerprint density at radius 2 is 1.02 bits per heavy atom. The van der Waals surface area contributed by atoms with Gasteiger partial charge < -0.3 is 15.2 Å². The van der Waals surface area contributed by atoms with Crippen molar-refractivity contribution in [2.24, 2.45) is 0 Å². The van der Waals surface area contributed by atoms with E-state index in [1.165, 1.54) is 135 Å². The van der Waals surface area contributed by atoms with Crippen molar-refractivity contribution in [2.75, 3.05) is 6.61 Å². The maximum absolute atomic E-state index is 12.7. The Hall–Kier alpha value is -1.39. The van der Waals surface area contributed by atoms with E-state index in [9.17, 15) is 9.90 Å². The van der Waals surface area contributed by atoms with Crippen LogP contribution in [-0.2, 0) is 16.1 Å². The van der Waals surface area contributed by atoms with E-state index in [1.54, 1.807) is 0 Å². The van der Waals surface area contributed by atoms with Gasteiger partial charge in [0.05, 0.1) is 25.4 Å². The van der Waals surface area contributed by atoms with Gasteiger partial charge in [-0.2, -0.15) is 0 Å². The van der Waals surface area contributed by atoms with Crippen LogP contribution in [0.3, 0.4) is 0 Å². The molecule has 4 nitrogen and oxygen atoms in total. The molecule has 0 unspecified atom stereocenters. The number of carbonyl (C=O) groups is 1. The molecule has 0 saturated heterocycles. The van der Waals surface area contributed by atoms with Crippen molar-refractivity contribution >= 4 is 5.91 Å². The lowest BCUT2D eigenvalue weighted by Crippen LogP contribution is -2.47. The number of nitrogens with one attached hydrogen (secondary N) is 1. The number of hydrogen-bond acceptors (Lipinski definition) is 3. The Bertz CT molecular complexity index is 725. The van der Waals surface area contributed by atoms with Gasteiger partial charge in [0.2, 0.25) is 5.91 Å². The predicted molar refractivity (Wildman–Crippen MR) is 190 cm³/mol. The summed E-state index contributed by atoms with van der Waals surface area (Å²) >= 11 is 0. The zero-order valence-corrected chi connectivity index (χ0v) is 29.3. The number of ether oxygens (including phenoxy) is 1. The highest BCUT2D eigenvalue weighted by molar-refractivity contribution is 5.76. The van der Waals surface area contributed by atoms with Gasteiger partial charge in [0, 0.05) is 6.42 Å². The van der Waals surface area contributed by atoms with Gasteiger partial charge in [-0.25, -0.2) is 0 Å². The number of carbonyl (C=O) groups excluding carboxylic acids is 1. The van der Waals surface area contributed by atoms with Crippen LogP contribution in [0.5, 0.6) is 0 Å². The van der Waals surface area contributed by atoms with Crippen LogP contribution in [0.2, 0.25) is 0 Å². The smallest absolute Gasteiger partial charge is 0.220 e. The largest absolute Gasteiger partial charge is 0.394 e. The SMILES string of the molecule is CCCCCCCCCCCCCCCCCCCCCCCC(=O)N[C@@H](CO)[C@@H](CCCCCC)OCc1ccccc1. The van der Waals surface area contributed by atoms with Crippen LogP contribution in [0.1, 0.15) is 193 Å². The summed E-state index contributed by atoms with van der Waals surface area (Å²) in [6.45, 7) is 4.92. The van der Waals surface area contributed by atoms with Crippen molar-refractivity contribution in [3.63, 3.8) is 0 Å². The van der Waals surface area contributed by atoms with Crippen LogP contribution >= 0.6 is 0 Å². The molecule has 0 bridgehead atoms. The Kier molecular flexibility index (Phi) is 29.2. The van der Waals surface area contributed by atoms with Gasteiger partial charge >= 0.3 is 0 Å². The maximum atomic E-state index is 12.7. The van der Waals surface area contributed by atoms with E-state index < -0.39 is 0 Å². The van der Waals surface area contributed by atoms with Crippen molar-refractivity contribution in [2.45, 2.75) is 206 Å². The normalized spacial score (nSPS) is 12.8. The predicted octanol–water partition coefficient (Wildman–Crippen LogP) is 11.6. The molecule has 0 aliphatic carbocycles. The van der Waals surface area contributed by atoms with Crippen molar-refractivity contribution in [3.05, 3.63) is 35.9 Å². The molecule has 0 spiro atoms. The lowest BCUT2D eigenvalue weighted by molar-refractivity contribution is -0.124. The number of aliphatic hydroxyl groups is 1. The topological polar surface area (TPSA) is 58.6 Å². The first-order valence-electron chi connectivity index (χ1n) is 19.3. The zero-order valence-electron chi connectivity index (χ0n) is 29.3. The average molecular weight is 616 g/mol. The molecule has 4 heteroatoms. The first kappa shape index (κ1) is 40.6. The lowest BCUT2D eigenvalue weighted by Gasteiger charge is -2.27. The highest BCUT2D eigenvalue weighted by atomic mass is 16.5. The Morgan fingerprint density at radius 1 is 0.614 bits per heavy atom. The summed E-state index contributed by atoms with van der Waals surface area (Å²) in [4.78, 5) is 12.7. The highest BCUT2D eigenvalue weighted by Crippen LogP contribution is 2.17. The summed E-state index contributed by atoms with van der Waals surface area (Å²) in [6, 6.07) is 9.80. The molecule has 2 N–H and O–H groups in total. The van der Waals surface area contributed by atoms with Crippen LogP contribution in [-0.4, -0.2) is 29.8 Å². The maximum Gasteiger partial charge on any atom is 0.220 e. The molecule has 0 saturated carbocycles. The van der Waals surface area contributed by atoms with Crippen LogP contribution in [0.15, 0.2) is 30.3 Å². The first-order valence-corrected chi connectivity index (χ1v) is 19.3. The second-order valence-corrected chi connectivity index (χ2v) is 13.4. The monoisotopic (exact) mass is 616 g/mol. The molecule has 0 aliphatic heterocycles. The molecule has 1 amide bonds. The molecular formula is C40H73NO3.